The SMILES string of the molecule is O=C(NC1CCN(C(=O)c2ccc(Br)o2)CC1)c1cccc(F)c1. The Morgan fingerprint density at radius 3 is 2.58 bits per heavy atom. The molecule has 1 aromatic carbocycles. The number of furan rings is 1. The number of carbonyl (C=O) groups is 2. The van der Waals surface area contributed by atoms with E-state index in [1.165, 1.54) is 18.2 Å². The summed E-state index contributed by atoms with van der Waals surface area (Å²) < 4.78 is 19.0. The third-order valence-corrected chi connectivity index (χ3v) is 4.41. The summed E-state index contributed by atoms with van der Waals surface area (Å²) in [4.78, 5) is 26.1. The highest BCUT2D eigenvalue weighted by Crippen LogP contribution is 2.19. The van der Waals surface area contributed by atoms with Crippen molar-refractivity contribution in [1.29, 1.82) is 0 Å². The molecule has 1 aromatic heterocycles. The third kappa shape index (κ3) is 3.84. The van der Waals surface area contributed by atoms with Gasteiger partial charge in [0.1, 0.15) is 5.82 Å². The van der Waals surface area contributed by atoms with Crippen molar-refractivity contribution in [3.05, 3.63) is 58.2 Å². The molecule has 0 bridgehead atoms. The number of likely N-dealkylation sites (tertiary alicyclic amines) is 1. The zero-order valence-corrected chi connectivity index (χ0v) is 14.4. The largest absolute Gasteiger partial charge is 0.444 e. The van der Waals surface area contributed by atoms with Gasteiger partial charge in [0.25, 0.3) is 11.8 Å². The predicted octanol–water partition coefficient (Wildman–Crippen LogP) is 3.22. The Labute approximate surface area is 146 Å². The van der Waals surface area contributed by atoms with Gasteiger partial charge in [0.05, 0.1) is 0 Å². The number of nitrogens with zero attached hydrogens (tertiary/aromatic N) is 1. The molecule has 1 aliphatic heterocycles. The van der Waals surface area contributed by atoms with Crippen LogP contribution in [0.4, 0.5) is 4.39 Å². The van der Waals surface area contributed by atoms with Crippen LogP contribution >= 0.6 is 15.9 Å². The first kappa shape index (κ1) is 16.7. The lowest BCUT2D eigenvalue weighted by Gasteiger charge is -2.31. The molecule has 126 valence electrons. The van der Waals surface area contributed by atoms with E-state index in [9.17, 15) is 14.0 Å². The molecule has 5 nitrogen and oxygen atoms in total. The summed E-state index contributed by atoms with van der Waals surface area (Å²) in [5.41, 5.74) is 0.300. The second-order valence-electron chi connectivity index (χ2n) is 5.65. The molecule has 0 aliphatic carbocycles. The minimum Gasteiger partial charge on any atom is -0.444 e. The van der Waals surface area contributed by atoms with Crippen molar-refractivity contribution in [3.63, 3.8) is 0 Å². The number of benzene rings is 1. The summed E-state index contributed by atoms with van der Waals surface area (Å²) in [7, 11) is 0. The molecule has 2 amide bonds. The minimum atomic E-state index is -0.437. The first-order valence-corrected chi connectivity index (χ1v) is 8.43. The second-order valence-corrected chi connectivity index (χ2v) is 6.44. The zero-order valence-electron chi connectivity index (χ0n) is 12.8. The molecule has 0 atom stereocenters. The summed E-state index contributed by atoms with van der Waals surface area (Å²) in [6, 6.07) is 8.87. The smallest absolute Gasteiger partial charge is 0.289 e. The number of hydrogen-bond acceptors (Lipinski definition) is 3. The molecular formula is C17H16BrFN2O3. The van der Waals surface area contributed by atoms with E-state index in [0.717, 1.165) is 0 Å². The fourth-order valence-corrected chi connectivity index (χ4v) is 3.02. The number of rotatable bonds is 3. The van der Waals surface area contributed by atoms with Gasteiger partial charge in [-0.05, 0) is 59.1 Å². The number of amides is 2. The molecule has 2 aromatic rings. The van der Waals surface area contributed by atoms with E-state index in [-0.39, 0.29) is 17.9 Å². The number of piperidine rings is 1. The van der Waals surface area contributed by atoms with Crippen molar-refractivity contribution in [2.24, 2.45) is 0 Å². The molecule has 3 rings (SSSR count). The van der Waals surface area contributed by atoms with Gasteiger partial charge < -0.3 is 14.6 Å². The van der Waals surface area contributed by atoms with Crippen LogP contribution in [0.1, 0.15) is 33.8 Å². The summed E-state index contributed by atoms with van der Waals surface area (Å²) in [6.45, 7) is 1.07. The van der Waals surface area contributed by atoms with Crippen LogP contribution in [0.25, 0.3) is 0 Å². The molecule has 2 heterocycles. The highest BCUT2D eigenvalue weighted by atomic mass is 79.9. The zero-order chi connectivity index (χ0) is 17.1. The van der Waals surface area contributed by atoms with Crippen molar-refractivity contribution in [3.8, 4) is 0 Å². The second kappa shape index (κ2) is 7.17. The van der Waals surface area contributed by atoms with Crippen molar-refractivity contribution in [1.82, 2.24) is 10.2 Å². The molecule has 24 heavy (non-hydrogen) atoms. The van der Waals surface area contributed by atoms with E-state index < -0.39 is 5.82 Å². The fraction of sp³-hybridized carbons (Fsp3) is 0.294. The van der Waals surface area contributed by atoms with Gasteiger partial charge in [-0.15, -0.1) is 0 Å². The Morgan fingerprint density at radius 1 is 1.21 bits per heavy atom. The van der Waals surface area contributed by atoms with Crippen LogP contribution in [-0.4, -0.2) is 35.8 Å². The van der Waals surface area contributed by atoms with Gasteiger partial charge in [0.2, 0.25) is 0 Å². The van der Waals surface area contributed by atoms with Gasteiger partial charge in [0, 0.05) is 24.7 Å². The monoisotopic (exact) mass is 394 g/mol. The van der Waals surface area contributed by atoms with E-state index in [4.69, 9.17) is 4.42 Å². The van der Waals surface area contributed by atoms with Gasteiger partial charge in [-0.3, -0.25) is 9.59 Å². The Hall–Kier alpha value is -2.15. The van der Waals surface area contributed by atoms with Crippen LogP contribution in [0.5, 0.6) is 0 Å². The van der Waals surface area contributed by atoms with Crippen molar-refractivity contribution in [2.75, 3.05) is 13.1 Å². The lowest BCUT2D eigenvalue weighted by atomic mass is 10.0. The van der Waals surface area contributed by atoms with E-state index in [1.807, 2.05) is 0 Å². The number of halogens is 2. The number of nitrogens with one attached hydrogen (secondary N) is 1. The van der Waals surface area contributed by atoms with Crippen LogP contribution in [-0.2, 0) is 0 Å². The maximum Gasteiger partial charge on any atom is 0.289 e. The van der Waals surface area contributed by atoms with Gasteiger partial charge in [-0.25, -0.2) is 4.39 Å². The van der Waals surface area contributed by atoms with Gasteiger partial charge in [-0.2, -0.15) is 0 Å². The van der Waals surface area contributed by atoms with Crippen LogP contribution in [0, 0.1) is 5.82 Å². The maximum absolute atomic E-state index is 13.2. The molecular weight excluding hydrogens is 379 g/mol. The van der Waals surface area contributed by atoms with Crippen molar-refractivity contribution < 1.29 is 18.4 Å². The Kier molecular flexibility index (Phi) is 4.99. The quantitative estimate of drug-likeness (QED) is 0.868. The lowest BCUT2D eigenvalue weighted by Crippen LogP contribution is -2.46. The average Bonchev–Trinajstić information content (AvgIpc) is 3.01. The Bertz CT molecular complexity index is 754. The van der Waals surface area contributed by atoms with E-state index >= 15 is 0 Å². The molecule has 0 spiro atoms. The molecule has 0 saturated carbocycles. The highest BCUT2D eigenvalue weighted by molar-refractivity contribution is 9.10. The third-order valence-electron chi connectivity index (χ3n) is 3.99. The molecule has 1 saturated heterocycles. The van der Waals surface area contributed by atoms with Crippen LogP contribution in [0.3, 0.4) is 0 Å². The first-order valence-electron chi connectivity index (χ1n) is 7.64. The Morgan fingerprint density at radius 2 is 1.96 bits per heavy atom. The topological polar surface area (TPSA) is 62.6 Å². The van der Waals surface area contributed by atoms with E-state index in [0.29, 0.717) is 41.9 Å². The standard InChI is InChI=1S/C17H16BrFN2O3/c18-15-5-4-14(24-15)17(23)21-8-6-13(7-9-21)20-16(22)11-2-1-3-12(19)10-11/h1-5,10,13H,6-9H2,(H,20,22). The van der Waals surface area contributed by atoms with E-state index in [2.05, 4.69) is 21.2 Å². The van der Waals surface area contributed by atoms with Crippen LogP contribution in [0.15, 0.2) is 45.5 Å². The lowest BCUT2D eigenvalue weighted by molar-refractivity contribution is 0.0666. The summed E-state index contributed by atoms with van der Waals surface area (Å²) >= 11 is 3.18. The molecule has 7 heteroatoms. The molecule has 1 N–H and O–H groups in total. The highest BCUT2D eigenvalue weighted by Gasteiger charge is 2.26. The van der Waals surface area contributed by atoms with Gasteiger partial charge in [-0.1, -0.05) is 6.07 Å². The molecule has 0 unspecified atom stereocenters. The Balaban J connectivity index is 1.53. The predicted molar refractivity (Wildman–Crippen MR) is 89.2 cm³/mol. The molecule has 1 aliphatic rings. The normalized spacial score (nSPS) is 15.3. The summed E-state index contributed by atoms with van der Waals surface area (Å²) in [5, 5.41) is 2.89. The summed E-state index contributed by atoms with van der Waals surface area (Å²) in [6.07, 6.45) is 1.29. The molecule has 1 fully saturated rings. The van der Waals surface area contributed by atoms with Gasteiger partial charge >= 0.3 is 0 Å². The fourth-order valence-electron chi connectivity index (χ4n) is 2.71. The average molecular weight is 395 g/mol. The number of carbonyl (C=O) groups excluding carboxylic acids is 2. The minimum absolute atomic E-state index is 0.0341. The number of hydrogen-bond donors (Lipinski definition) is 1. The first-order chi connectivity index (χ1) is 11.5. The maximum atomic E-state index is 13.2. The van der Waals surface area contributed by atoms with Crippen molar-refractivity contribution >= 4 is 27.7 Å². The van der Waals surface area contributed by atoms with Gasteiger partial charge in [0.15, 0.2) is 10.4 Å². The van der Waals surface area contributed by atoms with Crippen LogP contribution < -0.4 is 5.32 Å². The molecule has 0 radical (unpaired) electrons. The summed E-state index contributed by atoms with van der Waals surface area (Å²) in [5.74, 6) is -0.596. The van der Waals surface area contributed by atoms with Crippen LogP contribution in [0.2, 0.25) is 0 Å². The van der Waals surface area contributed by atoms with E-state index in [1.54, 1.807) is 23.1 Å². The van der Waals surface area contributed by atoms with Crippen molar-refractivity contribution in [2.45, 2.75) is 18.9 Å².